The van der Waals surface area contributed by atoms with Gasteiger partial charge in [-0.15, -0.1) is 11.8 Å². The monoisotopic (exact) mass is 311 g/mol. The summed E-state index contributed by atoms with van der Waals surface area (Å²) in [6.45, 7) is 0.919. The van der Waals surface area contributed by atoms with E-state index >= 15 is 0 Å². The van der Waals surface area contributed by atoms with Crippen LogP contribution in [0.1, 0.15) is 0 Å². The molecule has 3 aromatic rings. The second kappa shape index (κ2) is 5.69. The van der Waals surface area contributed by atoms with Crippen molar-refractivity contribution in [3.8, 4) is 0 Å². The minimum atomic E-state index is 0.502. The second-order valence-corrected chi connectivity index (χ2v) is 5.84. The second-order valence-electron chi connectivity index (χ2n) is 4.70. The Labute approximate surface area is 131 Å². The van der Waals surface area contributed by atoms with E-state index in [-0.39, 0.29) is 0 Å². The molecule has 1 aliphatic rings. The van der Waals surface area contributed by atoms with Gasteiger partial charge in [0.2, 0.25) is 5.95 Å². The molecular weight excluding hydrogens is 298 g/mol. The molecule has 0 saturated heterocycles. The van der Waals surface area contributed by atoms with E-state index in [1.165, 1.54) is 23.2 Å². The Kier molecular flexibility index (Phi) is 3.40. The van der Waals surface area contributed by atoms with Crippen LogP contribution < -0.4 is 10.2 Å². The maximum atomic E-state index is 4.94. The van der Waals surface area contributed by atoms with Gasteiger partial charge < -0.3 is 14.6 Å². The highest BCUT2D eigenvalue weighted by Gasteiger charge is 2.19. The predicted octanol–water partition coefficient (Wildman–Crippen LogP) is 3.45. The molecule has 3 heterocycles. The van der Waals surface area contributed by atoms with Crippen LogP contribution in [0.15, 0.2) is 58.5 Å². The number of fused-ring (bicyclic) bond motifs is 1. The lowest BCUT2D eigenvalue weighted by molar-refractivity contribution is 0.558. The summed E-state index contributed by atoms with van der Waals surface area (Å²) < 4.78 is 4.94. The average molecular weight is 311 g/mol. The van der Waals surface area contributed by atoms with Crippen molar-refractivity contribution in [2.75, 3.05) is 22.5 Å². The number of oxazole rings is 1. The zero-order valence-corrected chi connectivity index (χ0v) is 12.5. The third-order valence-electron chi connectivity index (χ3n) is 3.32. The average Bonchev–Trinajstić information content (AvgIpc) is 3.07. The Morgan fingerprint density at radius 1 is 1.18 bits per heavy atom. The first kappa shape index (κ1) is 13.1. The number of thioether (sulfide) groups is 1. The van der Waals surface area contributed by atoms with Crippen LogP contribution in [-0.2, 0) is 0 Å². The summed E-state index contributed by atoms with van der Waals surface area (Å²) in [6, 6.07) is 10.3. The molecule has 0 unspecified atom stereocenters. The van der Waals surface area contributed by atoms with Crippen molar-refractivity contribution >= 4 is 35.0 Å². The molecule has 0 atom stereocenters. The number of rotatable bonds is 3. The number of hydrogen-bond acceptors (Lipinski definition) is 7. The molecule has 7 heteroatoms. The van der Waals surface area contributed by atoms with Crippen molar-refractivity contribution in [3.63, 3.8) is 0 Å². The summed E-state index contributed by atoms with van der Waals surface area (Å²) in [5.74, 6) is 3.00. The van der Waals surface area contributed by atoms with E-state index in [4.69, 9.17) is 4.42 Å². The predicted molar refractivity (Wildman–Crippen MR) is 86.0 cm³/mol. The number of nitrogens with zero attached hydrogens (tertiary/aromatic N) is 4. The van der Waals surface area contributed by atoms with Gasteiger partial charge in [-0.05, 0) is 18.2 Å². The van der Waals surface area contributed by atoms with E-state index < -0.39 is 0 Å². The van der Waals surface area contributed by atoms with E-state index in [2.05, 4.69) is 43.4 Å². The van der Waals surface area contributed by atoms with Gasteiger partial charge in [0.1, 0.15) is 12.1 Å². The summed E-state index contributed by atoms with van der Waals surface area (Å²) in [4.78, 5) is 16.3. The Bertz CT molecular complexity index is 777. The number of benzene rings is 1. The van der Waals surface area contributed by atoms with Gasteiger partial charge in [-0.1, -0.05) is 12.1 Å². The quantitative estimate of drug-likeness (QED) is 0.794. The molecule has 1 aromatic carbocycles. The highest BCUT2D eigenvalue weighted by Crippen LogP contribution is 2.37. The van der Waals surface area contributed by atoms with E-state index in [9.17, 15) is 0 Å². The normalized spacial score (nSPS) is 13.7. The first-order chi connectivity index (χ1) is 10.9. The molecule has 6 nitrogen and oxygen atoms in total. The third kappa shape index (κ3) is 2.50. The summed E-state index contributed by atoms with van der Waals surface area (Å²) in [6.07, 6.45) is 4.63. The molecule has 22 heavy (non-hydrogen) atoms. The number of para-hydroxylation sites is 1. The topological polar surface area (TPSA) is 67.1 Å². The molecule has 0 aliphatic carbocycles. The highest BCUT2D eigenvalue weighted by atomic mass is 32.2. The van der Waals surface area contributed by atoms with Crippen molar-refractivity contribution in [3.05, 3.63) is 49.2 Å². The van der Waals surface area contributed by atoms with E-state index in [0.717, 1.165) is 18.1 Å². The van der Waals surface area contributed by atoms with Gasteiger partial charge >= 0.3 is 0 Å². The van der Waals surface area contributed by atoms with Crippen LogP contribution in [0.4, 0.5) is 23.3 Å². The SMILES string of the molecule is c1ccc2c(c1)SCCN2c1ccnc(Nc2cocn2)n1. The van der Waals surface area contributed by atoms with Crippen LogP contribution >= 0.6 is 11.8 Å². The summed E-state index contributed by atoms with van der Waals surface area (Å²) in [5.41, 5.74) is 1.19. The third-order valence-corrected chi connectivity index (χ3v) is 4.36. The summed E-state index contributed by atoms with van der Waals surface area (Å²) >= 11 is 1.87. The highest BCUT2D eigenvalue weighted by molar-refractivity contribution is 7.99. The van der Waals surface area contributed by atoms with Crippen molar-refractivity contribution in [2.24, 2.45) is 0 Å². The Hall–Kier alpha value is -2.54. The fourth-order valence-electron chi connectivity index (χ4n) is 2.36. The Balaban J connectivity index is 1.66. The Morgan fingerprint density at radius 3 is 3.05 bits per heavy atom. The number of aromatic nitrogens is 3. The minimum absolute atomic E-state index is 0.502. The molecule has 0 saturated carbocycles. The minimum Gasteiger partial charge on any atom is -0.449 e. The largest absolute Gasteiger partial charge is 0.449 e. The zero-order valence-electron chi connectivity index (χ0n) is 11.6. The van der Waals surface area contributed by atoms with Crippen LogP contribution in [0.25, 0.3) is 0 Å². The zero-order chi connectivity index (χ0) is 14.8. The van der Waals surface area contributed by atoms with Gasteiger partial charge in [-0.3, -0.25) is 0 Å². The first-order valence-electron chi connectivity index (χ1n) is 6.88. The molecule has 0 fully saturated rings. The maximum Gasteiger partial charge on any atom is 0.230 e. The molecule has 1 aliphatic heterocycles. The molecule has 0 amide bonds. The lowest BCUT2D eigenvalue weighted by Crippen LogP contribution is -2.25. The van der Waals surface area contributed by atoms with Crippen molar-refractivity contribution in [1.29, 1.82) is 0 Å². The summed E-state index contributed by atoms with van der Waals surface area (Å²) in [5, 5.41) is 3.03. The van der Waals surface area contributed by atoms with Crippen molar-refractivity contribution in [1.82, 2.24) is 15.0 Å². The summed E-state index contributed by atoms with van der Waals surface area (Å²) in [7, 11) is 0. The van der Waals surface area contributed by atoms with Gasteiger partial charge in [0, 0.05) is 23.4 Å². The van der Waals surface area contributed by atoms with Crippen LogP contribution in [0.5, 0.6) is 0 Å². The molecule has 4 rings (SSSR count). The lowest BCUT2D eigenvalue weighted by Gasteiger charge is -2.29. The van der Waals surface area contributed by atoms with Crippen LogP contribution in [0.3, 0.4) is 0 Å². The lowest BCUT2D eigenvalue weighted by atomic mass is 10.2. The Morgan fingerprint density at radius 2 is 2.14 bits per heavy atom. The molecular formula is C15H13N5OS. The van der Waals surface area contributed by atoms with Crippen LogP contribution in [0.2, 0.25) is 0 Å². The fraction of sp³-hybridized carbons (Fsp3) is 0.133. The van der Waals surface area contributed by atoms with Gasteiger partial charge in [0.15, 0.2) is 12.2 Å². The molecule has 2 aromatic heterocycles. The van der Waals surface area contributed by atoms with Gasteiger partial charge in [-0.2, -0.15) is 9.97 Å². The van der Waals surface area contributed by atoms with Crippen molar-refractivity contribution < 1.29 is 4.42 Å². The fourth-order valence-corrected chi connectivity index (χ4v) is 3.35. The first-order valence-corrected chi connectivity index (χ1v) is 7.86. The molecule has 0 radical (unpaired) electrons. The van der Waals surface area contributed by atoms with Crippen molar-refractivity contribution in [2.45, 2.75) is 4.90 Å². The standard InChI is InChI=1S/C15H13N5OS/c1-2-4-12-11(3-1)20(7-8-22-12)14-5-6-16-15(19-14)18-13-9-21-10-17-13/h1-6,9-10H,7-8H2,(H,16,18,19). The van der Waals surface area contributed by atoms with Crippen LogP contribution in [-0.4, -0.2) is 27.2 Å². The molecule has 110 valence electrons. The molecule has 1 N–H and O–H groups in total. The van der Waals surface area contributed by atoms with Gasteiger partial charge in [-0.25, -0.2) is 4.98 Å². The van der Waals surface area contributed by atoms with E-state index in [1.807, 2.05) is 23.9 Å². The number of nitrogens with one attached hydrogen (secondary N) is 1. The molecule has 0 spiro atoms. The number of anilines is 4. The number of hydrogen-bond donors (Lipinski definition) is 1. The van der Waals surface area contributed by atoms with E-state index in [0.29, 0.717) is 11.8 Å². The molecule has 0 bridgehead atoms. The van der Waals surface area contributed by atoms with Crippen LogP contribution in [0, 0.1) is 0 Å². The van der Waals surface area contributed by atoms with Gasteiger partial charge in [0.25, 0.3) is 0 Å². The van der Waals surface area contributed by atoms with Gasteiger partial charge in [0.05, 0.1) is 5.69 Å². The maximum absolute atomic E-state index is 4.94. The van der Waals surface area contributed by atoms with E-state index in [1.54, 1.807) is 6.20 Å². The smallest absolute Gasteiger partial charge is 0.230 e.